The van der Waals surface area contributed by atoms with E-state index in [1.54, 1.807) is 0 Å². The highest BCUT2D eigenvalue weighted by Gasteiger charge is 2.85. The van der Waals surface area contributed by atoms with Gasteiger partial charge in [-0.25, -0.2) is 0 Å². The molecule has 2 heterocycles. The zero-order valence-electron chi connectivity index (χ0n) is 18.6. The van der Waals surface area contributed by atoms with Crippen LogP contribution >= 0.6 is 0 Å². The first-order valence-corrected chi connectivity index (χ1v) is 10.7. The number of hydrogen-bond donors (Lipinski definition) is 3. The van der Waals surface area contributed by atoms with Gasteiger partial charge in [-0.2, -0.15) is 0 Å². The molecule has 9 nitrogen and oxygen atoms in total. The van der Waals surface area contributed by atoms with Crippen LogP contribution in [-0.4, -0.2) is 82.2 Å². The van der Waals surface area contributed by atoms with Crippen molar-refractivity contribution in [2.75, 3.05) is 13.2 Å². The van der Waals surface area contributed by atoms with Gasteiger partial charge in [0.25, 0.3) is 0 Å². The summed E-state index contributed by atoms with van der Waals surface area (Å²) < 4.78 is 23.2. The van der Waals surface area contributed by atoms with Gasteiger partial charge in [0, 0.05) is 24.2 Å². The molecule has 8 atom stereocenters. The van der Waals surface area contributed by atoms with E-state index in [2.05, 4.69) is 0 Å². The minimum atomic E-state index is -1.22. The molecule has 2 aliphatic heterocycles. The Hall–Kier alpha value is -1.52. The summed E-state index contributed by atoms with van der Waals surface area (Å²) in [7, 11) is 0. The Kier molecular flexibility index (Phi) is 5.11. The van der Waals surface area contributed by atoms with Crippen LogP contribution in [0.3, 0.4) is 0 Å². The van der Waals surface area contributed by atoms with Gasteiger partial charge in [0.05, 0.1) is 30.8 Å². The van der Waals surface area contributed by atoms with Gasteiger partial charge < -0.3 is 34.3 Å². The molecule has 31 heavy (non-hydrogen) atoms. The topological polar surface area (TPSA) is 135 Å². The first kappa shape index (κ1) is 22.7. The standard InChI is InChI=1S/C22H32O9/c1-11-6-14-21(9-28-12(2)23,7-13(11)30-15(24)8-19(3,4)27)20(5)17(26)16(25)18(31-14)22(20)10-29-22/h6,13-14,16-18,25-27H,7-10H2,1-5H3/t13-,14+,16+,17+,18+,20+,21+,22-/m0/s1. The SMILES string of the molecule is CC(=O)OC[C@]12C[C@H](OC(=O)CC(C)(C)O)C(C)=C[C@H]1O[C@@H]1[C@H](O)[C@@H](O)[C@@]2(C)[C@]12CO2. The molecule has 0 amide bonds. The molecular weight excluding hydrogens is 408 g/mol. The second-order valence-electron chi connectivity index (χ2n) is 10.3. The lowest BCUT2D eigenvalue weighted by Crippen LogP contribution is -2.67. The van der Waals surface area contributed by atoms with Gasteiger partial charge in [0.15, 0.2) is 0 Å². The number of aliphatic hydroxyl groups excluding tert-OH is 2. The summed E-state index contributed by atoms with van der Waals surface area (Å²) >= 11 is 0. The molecule has 3 N–H and O–H groups in total. The Morgan fingerprint density at radius 3 is 2.52 bits per heavy atom. The lowest BCUT2D eigenvalue weighted by atomic mass is 9.51. The van der Waals surface area contributed by atoms with E-state index >= 15 is 0 Å². The van der Waals surface area contributed by atoms with E-state index in [4.69, 9.17) is 18.9 Å². The zero-order chi connectivity index (χ0) is 23.0. The minimum absolute atomic E-state index is 0.0889. The van der Waals surface area contributed by atoms with Crippen molar-refractivity contribution >= 4 is 11.9 Å². The van der Waals surface area contributed by atoms with Crippen LogP contribution in [0.1, 0.15) is 47.5 Å². The van der Waals surface area contributed by atoms with Crippen LogP contribution < -0.4 is 0 Å². The van der Waals surface area contributed by atoms with E-state index < -0.39 is 64.5 Å². The van der Waals surface area contributed by atoms with E-state index in [-0.39, 0.29) is 19.4 Å². The Morgan fingerprint density at radius 1 is 1.32 bits per heavy atom. The molecule has 1 spiro atoms. The fourth-order valence-electron chi connectivity index (χ4n) is 5.94. The quantitative estimate of drug-likeness (QED) is 0.312. The molecule has 9 heteroatoms. The van der Waals surface area contributed by atoms with Crippen molar-refractivity contribution in [1.82, 2.24) is 0 Å². The Bertz CT molecular complexity index is 810. The Morgan fingerprint density at radius 2 is 1.97 bits per heavy atom. The number of carbonyl (C=O) groups excluding carboxylic acids is 2. The highest BCUT2D eigenvalue weighted by molar-refractivity contribution is 5.71. The Balaban J connectivity index is 1.73. The Labute approximate surface area is 181 Å². The maximum atomic E-state index is 12.5. The molecule has 1 saturated carbocycles. The van der Waals surface area contributed by atoms with Gasteiger partial charge in [0.1, 0.15) is 30.5 Å². The summed E-state index contributed by atoms with van der Waals surface area (Å²) in [4.78, 5) is 24.2. The van der Waals surface area contributed by atoms with Crippen LogP contribution in [0.4, 0.5) is 0 Å². The van der Waals surface area contributed by atoms with Crippen molar-refractivity contribution in [3.8, 4) is 0 Å². The van der Waals surface area contributed by atoms with Gasteiger partial charge in [-0.15, -0.1) is 0 Å². The smallest absolute Gasteiger partial charge is 0.309 e. The second-order valence-corrected chi connectivity index (χ2v) is 10.3. The van der Waals surface area contributed by atoms with E-state index in [9.17, 15) is 24.9 Å². The monoisotopic (exact) mass is 440 g/mol. The zero-order valence-corrected chi connectivity index (χ0v) is 18.6. The number of ether oxygens (including phenoxy) is 4. The normalized spacial score (nSPS) is 45.7. The molecule has 174 valence electrons. The fourth-order valence-corrected chi connectivity index (χ4v) is 5.94. The highest BCUT2D eigenvalue weighted by Crippen LogP contribution is 2.71. The van der Waals surface area contributed by atoms with Gasteiger partial charge in [0.2, 0.25) is 0 Å². The van der Waals surface area contributed by atoms with Crippen LogP contribution in [0.15, 0.2) is 11.6 Å². The number of carbonyl (C=O) groups is 2. The summed E-state index contributed by atoms with van der Waals surface area (Å²) in [5.41, 5.74) is -3.37. The van der Waals surface area contributed by atoms with Gasteiger partial charge >= 0.3 is 11.9 Å². The molecule has 3 fully saturated rings. The molecule has 2 bridgehead atoms. The molecule has 0 aromatic heterocycles. The van der Waals surface area contributed by atoms with E-state index in [1.807, 2.05) is 19.9 Å². The van der Waals surface area contributed by atoms with Gasteiger partial charge in [-0.1, -0.05) is 13.0 Å². The number of hydrogen-bond acceptors (Lipinski definition) is 9. The summed E-state index contributed by atoms with van der Waals surface area (Å²) in [5, 5.41) is 31.9. The van der Waals surface area contributed by atoms with Crippen LogP contribution in [0.5, 0.6) is 0 Å². The van der Waals surface area contributed by atoms with E-state index in [1.165, 1.54) is 20.8 Å². The van der Waals surface area contributed by atoms with Crippen LogP contribution in [0, 0.1) is 10.8 Å². The molecule has 2 saturated heterocycles. The number of epoxide rings is 1. The summed E-state index contributed by atoms with van der Waals surface area (Å²) in [6.07, 6.45) is -2.43. The molecule has 0 radical (unpaired) electrons. The maximum Gasteiger partial charge on any atom is 0.309 e. The van der Waals surface area contributed by atoms with Gasteiger partial charge in [-0.05, 0) is 26.3 Å². The average Bonchev–Trinajstić information content (AvgIpc) is 3.42. The van der Waals surface area contributed by atoms with Crippen LogP contribution in [0.25, 0.3) is 0 Å². The number of esters is 2. The largest absolute Gasteiger partial charge is 0.465 e. The van der Waals surface area contributed by atoms with Crippen molar-refractivity contribution in [1.29, 1.82) is 0 Å². The van der Waals surface area contributed by atoms with Crippen molar-refractivity contribution < 1.29 is 43.9 Å². The molecule has 0 unspecified atom stereocenters. The first-order chi connectivity index (χ1) is 14.3. The molecule has 4 rings (SSSR count). The van der Waals surface area contributed by atoms with Crippen molar-refractivity contribution in [2.45, 2.75) is 89.2 Å². The predicted molar refractivity (Wildman–Crippen MR) is 106 cm³/mol. The van der Waals surface area contributed by atoms with Crippen molar-refractivity contribution in [3.63, 3.8) is 0 Å². The number of aliphatic hydroxyl groups is 3. The molecule has 0 aromatic rings. The lowest BCUT2D eigenvalue weighted by Gasteiger charge is -2.58. The van der Waals surface area contributed by atoms with E-state index in [0.717, 1.165) is 5.57 Å². The third kappa shape index (κ3) is 3.16. The third-order valence-electron chi connectivity index (χ3n) is 7.75. The predicted octanol–water partition coefficient (Wildman–Crippen LogP) is 0.237. The van der Waals surface area contributed by atoms with Gasteiger partial charge in [-0.3, -0.25) is 9.59 Å². The molecule has 0 aromatic carbocycles. The molecule has 2 aliphatic carbocycles. The first-order valence-electron chi connectivity index (χ1n) is 10.7. The molecule has 4 aliphatic rings. The van der Waals surface area contributed by atoms with Crippen molar-refractivity contribution in [2.24, 2.45) is 10.8 Å². The lowest BCUT2D eigenvalue weighted by molar-refractivity contribution is -0.239. The van der Waals surface area contributed by atoms with Crippen molar-refractivity contribution in [3.05, 3.63) is 11.6 Å². The number of fused-ring (bicyclic) bond motifs is 2. The molecular formula is C22H32O9. The van der Waals surface area contributed by atoms with Crippen LogP contribution in [0.2, 0.25) is 0 Å². The van der Waals surface area contributed by atoms with Crippen LogP contribution in [-0.2, 0) is 28.5 Å². The summed E-state index contributed by atoms with van der Waals surface area (Å²) in [5.74, 6) is -1.05. The summed E-state index contributed by atoms with van der Waals surface area (Å²) in [6.45, 7) is 8.21. The third-order valence-corrected chi connectivity index (χ3v) is 7.75. The van der Waals surface area contributed by atoms with E-state index in [0.29, 0.717) is 6.61 Å². The minimum Gasteiger partial charge on any atom is -0.465 e. The maximum absolute atomic E-state index is 12.5. The number of rotatable bonds is 5. The highest BCUT2D eigenvalue weighted by atomic mass is 16.6. The summed E-state index contributed by atoms with van der Waals surface area (Å²) in [6, 6.07) is 0. The fraction of sp³-hybridized carbons (Fsp3) is 0.818. The average molecular weight is 440 g/mol. The second kappa shape index (κ2) is 6.99.